The summed E-state index contributed by atoms with van der Waals surface area (Å²) in [6.45, 7) is 0. The third-order valence-electron chi connectivity index (χ3n) is 2.25. The van der Waals surface area contributed by atoms with Gasteiger partial charge in [-0.25, -0.2) is 0 Å². The molecule has 1 rings (SSSR count). The molecule has 0 aliphatic rings. The Morgan fingerprint density at radius 2 is 1.88 bits per heavy atom. The molecule has 0 spiro atoms. The van der Waals surface area contributed by atoms with E-state index in [-0.39, 0.29) is 5.56 Å². The minimum Gasteiger partial charge on any atom is -0.497 e. The summed E-state index contributed by atoms with van der Waals surface area (Å²) in [6.07, 6.45) is -5.89. The quantitative estimate of drug-likeness (QED) is 0.891. The number of carboxylic acid groups (broad SMARTS) is 1. The number of aliphatic carboxylic acids is 1. The van der Waals surface area contributed by atoms with E-state index in [1.165, 1.54) is 31.4 Å². The van der Waals surface area contributed by atoms with Gasteiger partial charge in [0.25, 0.3) is 0 Å². The highest BCUT2D eigenvalue weighted by molar-refractivity contribution is 5.76. The van der Waals surface area contributed by atoms with Crippen molar-refractivity contribution in [3.63, 3.8) is 0 Å². The number of carboxylic acids is 1. The van der Waals surface area contributed by atoms with E-state index in [1.807, 2.05) is 0 Å². The zero-order chi connectivity index (χ0) is 13.1. The molecule has 0 saturated heterocycles. The van der Waals surface area contributed by atoms with Crippen molar-refractivity contribution in [3.05, 3.63) is 29.8 Å². The molecule has 0 bridgehead atoms. The van der Waals surface area contributed by atoms with Crippen LogP contribution in [-0.2, 0) is 4.79 Å². The lowest BCUT2D eigenvalue weighted by atomic mass is 9.95. The van der Waals surface area contributed by atoms with E-state index in [2.05, 4.69) is 0 Å². The molecule has 0 fully saturated rings. The molecule has 0 heterocycles. The molecule has 1 unspecified atom stereocenters. The molecule has 0 aromatic heterocycles. The molecule has 0 aliphatic carbocycles. The van der Waals surface area contributed by atoms with Crippen LogP contribution < -0.4 is 4.74 Å². The van der Waals surface area contributed by atoms with Crippen molar-refractivity contribution < 1.29 is 27.8 Å². The van der Waals surface area contributed by atoms with Crippen molar-refractivity contribution in [2.45, 2.75) is 18.5 Å². The van der Waals surface area contributed by atoms with E-state index in [0.717, 1.165) is 0 Å². The number of methoxy groups -OCH3 is 1. The van der Waals surface area contributed by atoms with Crippen LogP contribution in [0.4, 0.5) is 13.2 Å². The van der Waals surface area contributed by atoms with Gasteiger partial charge in [-0.05, 0) is 17.7 Å². The molecular formula is C11H11F3O3. The van der Waals surface area contributed by atoms with Gasteiger partial charge in [-0.15, -0.1) is 0 Å². The van der Waals surface area contributed by atoms with Crippen LogP contribution in [0.15, 0.2) is 24.3 Å². The largest absolute Gasteiger partial charge is 0.497 e. The van der Waals surface area contributed by atoms with E-state index in [0.29, 0.717) is 5.75 Å². The Labute approximate surface area is 95.8 Å². The molecule has 0 amide bonds. The Kier molecular flexibility index (Phi) is 3.98. The van der Waals surface area contributed by atoms with Crippen LogP contribution in [0.3, 0.4) is 0 Å². The van der Waals surface area contributed by atoms with Gasteiger partial charge in [-0.2, -0.15) is 13.2 Å². The highest BCUT2D eigenvalue weighted by Crippen LogP contribution is 2.32. The molecule has 0 aliphatic heterocycles. The fourth-order valence-corrected chi connectivity index (χ4v) is 1.42. The first-order valence-electron chi connectivity index (χ1n) is 4.77. The lowest BCUT2D eigenvalue weighted by Crippen LogP contribution is -2.20. The predicted octanol–water partition coefficient (Wildman–Crippen LogP) is 2.82. The molecule has 17 heavy (non-hydrogen) atoms. The SMILES string of the molecule is COc1ccc(C(CC(F)(F)F)C(=O)O)cc1. The van der Waals surface area contributed by atoms with Crippen LogP contribution in [0.2, 0.25) is 0 Å². The molecule has 0 saturated carbocycles. The normalized spacial score (nSPS) is 13.2. The molecular weight excluding hydrogens is 237 g/mol. The number of ether oxygens (including phenoxy) is 1. The second kappa shape index (κ2) is 5.07. The Bertz CT molecular complexity index is 384. The highest BCUT2D eigenvalue weighted by atomic mass is 19.4. The van der Waals surface area contributed by atoms with E-state index >= 15 is 0 Å². The number of hydrogen-bond acceptors (Lipinski definition) is 2. The van der Waals surface area contributed by atoms with Gasteiger partial charge in [0, 0.05) is 0 Å². The summed E-state index contributed by atoms with van der Waals surface area (Å²) in [4.78, 5) is 10.8. The predicted molar refractivity (Wildman–Crippen MR) is 54.0 cm³/mol. The van der Waals surface area contributed by atoms with Gasteiger partial charge in [0.15, 0.2) is 0 Å². The number of halogens is 3. The zero-order valence-corrected chi connectivity index (χ0v) is 8.99. The summed E-state index contributed by atoms with van der Waals surface area (Å²) in [5, 5.41) is 8.79. The Balaban J connectivity index is 2.94. The first-order chi connectivity index (χ1) is 7.83. The second-order valence-electron chi connectivity index (χ2n) is 3.48. The van der Waals surface area contributed by atoms with Gasteiger partial charge in [0.05, 0.1) is 19.4 Å². The van der Waals surface area contributed by atoms with Crippen molar-refractivity contribution in [2.75, 3.05) is 7.11 Å². The number of rotatable bonds is 4. The third-order valence-corrected chi connectivity index (χ3v) is 2.25. The molecule has 94 valence electrons. The van der Waals surface area contributed by atoms with Crippen molar-refractivity contribution in [2.24, 2.45) is 0 Å². The average molecular weight is 248 g/mol. The Hall–Kier alpha value is -1.72. The van der Waals surface area contributed by atoms with Crippen molar-refractivity contribution in [3.8, 4) is 5.75 Å². The van der Waals surface area contributed by atoms with Crippen LogP contribution in [0.1, 0.15) is 17.9 Å². The molecule has 1 aromatic carbocycles. The van der Waals surface area contributed by atoms with Gasteiger partial charge in [-0.3, -0.25) is 4.79 Å². The first kappa shape index (κ1) is 13.3. The number of hydrogen-bond donors (Lipinski definition) is 1. The highest BCUT2D eigenvalue weighted by Gasteiger charge is 2.36. The van der Waals surface area contributed by atoms with Crippen LogP contribution in [0.5, 0.6) is 5.75 Å². The minimum absolute atomic E-state index is 0.107. The van der Waals surface area contributed by atoms with Crippen LogP contribution in [0.25, 0.3) is 0 Å². The summed E-state index contributed by atoms with van der Waals surface area (Å²) in [5.41, 5.74) is 0.107. The van der Waals surface area contributed by atoms with Crippen LogP contribution in [-0.4, -0.2) is 24.4 Å². The fourth-order valence-electron chi connectivity index (χ4n) is 1.42. The van der Waals surface area contributed by atoms with Gasteiger partial charge < -0.3 is 9.84 Å². The summed E-state index contributed by atoms with van der Waals surface area (Å²) in [6, 6.07) is 5.51. The van der Waals surface area contributed by atoms with Crippen molar-refractivity contribution >= 4 is 5.97 Å². The van der Waals surface area contributed by atoms with Gasteiger partial charge in [-0.1, -0.05) is 12.1 Å². The standard InChI is InChI=1S/C11H11F3O3/c1-17-8-4-2-7(3-5-8)9(10(15)16)6-11(12,13)14/h2-5,9H,6H2,1H3,(H,15,16). The summed E-state index contributed by atoms with van der Waals surface area (Å²) >= 11 is 0. The Morgan fingerprint density at radius 1 is 1.35 bits per heavy atom. The Morgan fingerprint density at radius 3 is 2.24 bits per heavy atom. The lowest BCUT2D eigenvalue weighted by molar-refractivity contribution is -0.157. The maximum absolute atomic E-state index is 12.2. The summed E-state index contributed by atoms with van der Waals surface area (Å²) < 4.78 is 41.5. The average Bonchev–Trinajstić information content (AvgIpc) is 2.25. The second-order valence-corrected chi connectivity index (χ2v) is 3.48. The monoisotopic (exact) mass is 248 g/mol. The number of alkyl halides is 3. The maximum atomic E-state index is 12.2. The zero-order valence-electron chi connectivity index (χ0n) is 8.99. The number of carbonyl (C=O) groups is 1. The molecule has 1 aromatic rings. The first-order valence-corrected chi connectivity index (χ1v) is 4.77. The van der Waals surface area contributed by atoms with Gasteiger partial charge in [0.2, 0.25) is 0 Å². The summed E-state index contributed by atoms with van der Waals surface area (Å²) in [5.74, 6) is -2.61. The minimum atomic E-state index is -4.51. The lowest BCUT2D eigenvalue weighted by Gasteiger charge is -2.15. The molecule has 3 nitrogen and oxygen atoms in total. The topological polar surface area (TPSA) is 46.5 Å². The smallest absolute Gasteiger partial charge is 0.390 e. The third kappa shape index (κ3) is 3.97. The molecule has 1 atom stereocenters. The van der Waals surface area contributed by atoms with Crippen LogP contribution in [0, 0.1) is 0 Å². The van der Waals surface area contributed by atoms with E-state index in [4.69, 9.17) is 9.84 Å². The van der Waals surface area contributed by atoms with E-state index < -0.39 is 24.5 Å². The summed E-state index contributed by atoms with van der Waals surface area (Å²) in [7, 11) is 1.42. The van der Waals surface area contributed by atoms with E-state index in [9.17, 15) is 18.0 Å². The van der Waals surface area contributed by atoms with E-state index in [1.54, 1.807) is 0 Å². The van der Waals surface area contributed by atoms with Crippen molar-refractivity contribution in [1.29, 1.82) is 0 Å². The molecule has 6 heteroatoms. The van der Waals surface area contributed by atoms with Crippen LogP contribution >= 0.6 is 0 Å². The van der Waals surface area contributed by atoms with Gasteiger partial charge >= 0.3 is 12.1 Å². The maximum Gasteiger partial charge on any atom is 0.390 e. The fraction of sp³-hybridized carbons (Fsp3) is 0.364. The van der Waals surface area contributed by atoms with Gasteiger partial charge in [0.1, 0.15) is 5.75 Å². The molecule has 1 N–H and O–H groups in total. The van der Waals surface area contributed by atoms with Crippen molar-refractivity contribution in [1.82, 2.24) is 0 Å². The molecule has 0 radical (unpaired) electrons. The number of benzene rings is 1.